The van der Waals surface area contributed by atoms with Crippen LogP contribution in [0.1, 0.15) is 49.5 Å². The summed E-state index contributed by atoms with van der Waals surface area (Å²) in [7, 11) is 0. The predicted octanol–water partition coefficient (Wildman–Crippen LogP) is 3.19. The number of hydrogen-bond acceptors (Lipinski definition) is 5. The molecule has 0 bridgehead atoms. The van der Waals surface area contributed by atoms with Crippen LogP contribution in [0, 0.1) is 6.92 Å². The first-order valence-electron chi connectivity index (χ1n) is 7.35. The second kappa shape index (κ2) is 7.22. The summed E-state index contributed by atoms with van der Waals surface area (Å²) in [6, 6.07) is 6.16. The molecule has 0 saturated heterocycles. The molecule has 0 spiro atoms. The van der Waals surface area contributed by atoms with Gasteiger partial charge in [0.2, 0.25) is 0 Å². The summed E-state index contributed by atoms with van der Waals surface area (Å²) in [6.45, 7) is 10.2. The minimum Gasteiger partial charge on any atom is -0.483 e. The van der Waals surface area contributed by atoms with Crippen LogP contribution < -0.4 is 10.1 Å². The third-order valence-corrected chi connectivity index (χ3v) is 3.13. The maximum absolute atomic E-state index is 5.83. The van der Waals surface area contributed by atoms with Crippen molar-refractivity contribution in [2.75, 3.05) is 6.54 Å². The Hall–Kier alpha value is -1.88. The Balaban J connectivity index is 2.04. The largest absolute Gasteiger partial charge is 0.483 e. The van der Waals surface area contributed by atoms with Gasteiger partial charge in [0.1, 0.15) is 5.75 Å². The van der Waals surface area contributed by atoms with Crippen molar-refractivity contribution in [1.82, 2.24) is 15.5 Å². The van der Waals surface area contributed by atoms with E-state index in [1.807, 2.05) is 26.0 Å². The minimum absolute atomic E-state index is 0.256. The van der Waals surface area contributed by atoms with E-state index in [1.165, 1.54) is 5.56 Å². The van der Waals surface area contributed by atoms with E-state index < -0.39 is 0 Å². The Bertz CT molecular complexity index is 579. The van der Waals surface area contributed by atoms with Gasteiger partial charge in [0.25, 0.3) is 5.89 Å². The molecule has 0 atom stereocenters. The highest BCUT2D eigenvalue weighted by Crippen LogP contribution is 2.21. The number of hydrogen-bond donors (Lipinski definition) is 1. The lowest BCUT2D eigenvalue weighted by molar-refractivity contribution is 0.240. The highest BCUT2D eigenvalue weighted by Gasteiger charge is 2.11. The van der Waals surface area contributed by atoms with Gasteiger partial charge in [-0.3, -0.25) is 0 Å². The van der Waals surface area contributed by atoms with E-state index in [2.05, 4.69) is 35.4 Å². The monoisotopic (exact) mass is 289 g/mol. The van der Waals surface area contributed by atoms with E-state index >= 15 is 0 Å². The number of nitrogens with zero attached hydrogens (tertiary/aromatic N) is 2. The molecular formula is C16H23N3O2. The van der Waals surface area contributed by atoms with Crippen molar-refractivity contribution in [3.05, 3.63) is 41.0 Å². The highest BCUT2D eigenvalue weighted by atomic mass is 16.5. The molecule has 1 aromatic heterocycles. The molecule has 2 rings (SSSR count). The first-order chi connectivity index (χ1) is 10.1. The Labute approximate surface area is 125 Å². The van der Waals surface area contributed by atoms with Gasteiger partial charge in [0.15, 0.2) is 12.4 Å². The molecule has 0 saturated carbocycles. The van der Waals surface area contributed by atoms with Crippen LogP contribution in [0.25, 0.3) is 0 Å². The maximum atomic E-state index is 5.83. The molecule has 0 aliphatic carbocycles. The zero-order valence-electron chi connectivity index (χ0n) is 13.1. The van der Waals surface area contributed by atoms with Crippen LogP contribution in [-0.4, -0.2) is 16.7 Å². The van der Waals surface area contributed by atoms with Gasteiger partial charge < -0.3 is 14.6 Å². The summed E-state index contributed by atoms with van der Waals surface area (Å²) >= 11 is 0. The van der Waals surface area contributed by atoms with Crippen LogP contribution in [0.2, 0.25) is 0 Å². The average Bonchev–Trinajstić information content (AvgIpc) is 2.93. The highest BCUT2D eigenvalue weighted by molar-refractivity contribution is 5.36. The zero-order chi connectivity index (χ0) is 15.2. The van der Waals surface area contributed by atoms with Gasteiger partial charge in [-0.2, -0.15) is 4.98 Å². The molecule has 5 heteroatoms. The van der Waals surface area contributed by atoms with Crippen molar-refractivity contribution in [2.45, 2.75) is 46.8 Å². The molecule has 0 aliphatic rings. The summed E-state index contributed by atoms with van der Waals surface area (Å²) in [6.07, 6.45) is 0. The van der Waals surface area contributed by atoms with Crippen LogP contribution in [0.3, 0.4) is 0 Å². The van der Waals surface area contributed by atoms with Crippen molar-refractivity contribution in [2.24, 2.45) is 0 Å². The second-order valence-corrected chi connectivity index (χ2v) is 5.38. The zero-order valence-corrected chi connectivity index (χ0v) is 13.1. The Morgan fingerprint density at radius 1 is 1.33 bits per heavy atom. The van der Waals surface area contributed by atoms with Gasteiger partial charge in [-0.25, -0.2) is 0 Å². The van der Waals surface area contributed by atoms with E-state index in [0.29, 0.717) is 18.3 Å². The molecule has 0 radical (unpaired) electrons. The number of nitrogens with one attached hydrogen (secondary N) is 1. The molecule has 0 fully saturated rings. The average molecular weight is 289 g/mol. The Morgan fingerprint density at radius 2 is 2.14 bits per heavy atom. The minimum atomic E-state index is 0.256. The standard InChI is InChI=1S/C16H23N3O2/c1-5-17-9-13-8-12(4)6-7-14(13)20-10-15-18-16(11(2)3)19-21-15/h6-8,11,17H,5,9-10H2,1-4H3. The summed E-state index contributed by atoms with van der Waals surface area (Å²) in [5.41, 5.74) is 2.36. The van der Waals surface area contributed by atoms with Crippen LogP contribution in [0.5, 0.6) is 5.75 Å². The number of ether oxygens (including phenoxy) is 1. The van der Waals surface area contributed by atoms with Gasteiger partial charge in [-0.05, 0) is 19.5 Å². The predicted molar refractivity (Wildman–Crippen MR) is 81.3 cm³/mol. The summed E-state index contributed by atoms with van der Waals surface area (Å²) in [4.78, 5) is 4.32. The molecule has 1 heterocycles. The summed E-state index contributed by atoms with van der Waals surface area (Å²) < 4.78 is 11.0. The van der Waals surface area contributed by atoms with E-state index in [1.54, 1.807) is 0 Å². The third kappa shape index (κ3) is 4.29. The van der Waals surface area contributed by atoms with E-state index in [0.717, 1.165) is 24.4 Å². The molecule has 0 aliphatic heterocycles. The molecule has 21 heavy (non-hydrogen) atoms. The van der Waals surface area contributed by atoms with Crippen molar-refractivity contribution < 1.29 is 9.26 Å². The van der Waals surface area contributed by atoms with Gasteiger partial charge in [-0.1, -0.05) is 43.6 Å². The third-order valence-electron chi connectivity index (χ3n) is 3.13. The van der Waals surface area contributed by atoms with E-state index in [9.17, 15) is 0 Å². The van der Waals surface area contributed by atoms with Gasteiger partial charge in [0.05, 0.1) is 0 Å². The van der Waals surface area contributed by atoms with Crippen LogP contribution in [0.4, 0.5) is 0 Å². The van der Waals surface area contributed by atoms with Crippen molar-refractivity contribution in [1.29, 1.82) is 0 Å². The number of aromatic nitrogens is 2. The number of rotatable bonds is 7. The topological polar surface area (TPSA) is 60.2 Å². The summed E-state index contributed by atoms with van der Waals surface area (Å²) in [5, 5.41) is 7.25. The second-order valence-electron chi connectivity index (χ2n) is 5.38. The lowest BCUT2D eigenvalue weighted by Crippen LogP contribution is -2.13. The molecule has 0 amide bonds. The molecule has 1 N–H and O–H groups in total. The molecule has 0 unspecified atom stereocenters. The molecule has 5 nitrogen and oxygen atoms in total. The van der Waals surface area contributed by atoms with E-state index in [4.69, 9.17) is 9.26 Å². The van der Waals surface area contributed by atoms with Gasteiger partial charge >= 0.3 is 0 Å². The first-order valence-corrected chi connectivity index (χ1v) is 7.35. The fourth-order valence-corrected chi connectivity index (χ4v) is 1.95. The molecule has 2 aromatic rings. The Morgan fingerprint density at radius 3 is 2.81 bits per heavy atom. The fraction of sp³-hybridized carbons (Fsp3) is 0.500. The quantitative estimate of drug-likeness (QED) is 0.848. The van der Waals surface area contributed by atoms with Gasteiger partial charge in [0, 0.05) is 18.0 Å². The smallest absolute Gasteiger partial charge is 0.264 e. The van der Waals surface area contributed by atoms with Crippen LogP contribution >= 0.6 is 0 Å². The van der Waals surface area contributed by atoms with Gasteiger partial charge in [-0.15, -0.1) is 0 Å². The maximum Gasteiger partial charge on any atom is 0.264 e. The first kappa shape index (κ1) is 15.5. The number of benzene rings is 1. The van der Waals surface area contributed by atoms with Crippen LogP contribution in [-0.2, 0) is 13.2 Å². The van der Waals surface area contributed by atoms with Crippen molar-refractivity contribution in [3.8, 4) is 5.75 Å². The summed E-state index contributed by atoms with van der Waals surface area (Å²) in [5.74, 6) is 2.33. The van der Waals surface area contributed by atoms with Crippen LogP contribution in [0.15, 0.2) is 22.7 Å². The van der Waals surface area contributed by atoms with Crippen molar-refractivity contribution in [3.63, 3.8) is 0 Å². The van der Waals surface area contributed by atoms with E-state index in [-0.39, 0.29) is 5.92 Å². The molecular weight excluding hydrogens is 266 g/mol. The lowest BCUT2D eigenvalue weighted by Gasteiger charge is -2.11. The fourth-order valence-electron chi connectivity index (χ4n) is 1.95. The lowest BCUT2D eigenvalue weighted by atomic mass is 10.1. The normalized spacial score (nSPS) is 11.1. The Kier molecular flexibility index (Phi) is 5.33. The molecule has 1 aromatic carbocycles. The number of aryl methyl sites for hydroxylation is 1. The molecule has 114 valence electrons. The SMILES string of the molecule is CCNCc1cc(C)ccc1OCc1nc(C(C)C)no1. The van der Waals surface area contributed by atoms with Crippen molar-refractivity contribution >= 4 is 0 Å².